The predicted octanol–water partition coefficient (Wildman–Crippen LogP) is 8.34. The number of hydrogen-bond donors (Lipinski definition) is 0. The van der Waals surface area contributed by atoms with E-state index in [1.807, 2.05) is 65.8 Å². The first-order valence-electron chi connectivity index (χ1n) is 11.9. The van der Waals surface area contributed by atoms with Gasteiger partial charge in [0.25, 0.3) is 0 Å². The fourth-order valence-corrected chi connectivity index (χ4v) is 4.01. The molecule has 0 fully saturated rings. The first-order chi connectivity index (χ1) is 17.8. The van der Waals surface area contributed by atoms with Gasteiger partial charge in [-0.25, -0.2) is 5.01 Å². The molecule has 0 radical (unpaired) electrons. The highest BCUT2D eigenvalue weighted by Crippen LogP contribution is 2.35. The molecule has 36 heavy (non-hydrogen) atoms. The van der Waals surface area contributed by atoms with Crippen LogP contribution in [0, 0.1) is 0 Å². The van der Waals surface area contributed by atoms with Crippen LogP contribution in [0.2, 0.25) is 0 Å². The van der Waals surface area contributed by atoms with E-state index in [2.05, 4.69) is 89.8 Å². The average Bonchev–Trinajstić information content (AvgIpc) is 2.96. The van der Waals surface area contributed by atoms with Crippen molar-refractivity contribution < 1.29 is 4.74 Å². The minimum Gasteiger partial charge on any atom is -0.497 e. The summed E-state index contributed by atoms with van der Waals surface area (Å²) >= 11 is 0. The van der Waals surface area contributed by atoms with Gasteiger partial charge in [-0.1, -0.05) is 66.7 Å². The first-order valence-corrected chi connectivity index (χ1v) is 11.9. The zero-order valence-electron chi connectivity index (χ0n) is 20.1. The lowest BCUT2D eigenvalue weighted by Gasteiger charge is -2.25. The molecule has 4 nitrogen and oxygen atoms in total. The molecule has 0 aliphatic rings. The minimum atomic E-state index is 0.833. The molecule has 5 aromatic rings. The SMILES string of the molecule is COc1ccc(N(c2ccccc2)c2ccc(C=NN(c3ccccc3)c3ccccc3)cc2)cc1. The average molecular weight is 470 g/mol. The van der Waals surface area contributed by atoms with Crippen molar-refractivity contribution >= 4 is 34.7 Å². The van der Waals surface area contributed by atoms with Gasteiger partial charge in [-0.15, -0.1) is 0 Å². The molecule has 0 spiro atoms. The summed E-state index contributed by atoms with van der Waals surface area (Å²) in [5.41, 5.74) is 6.23. The summed E-state index contributed by atoms with van der Waals surface area (Å²) in [5.74, 6) is 0.833. The molecule has 0 saturated heterocycles. The van der Waals surface area contributed by atoms with Crippen LogP contribution in [-0.2, 0) is 0 Å². The van der Waals surface area contributed by atoms with Crippen LogP contribution in [0.5, 0.6) is 5.75 Å². The highest BCUT2D eigenvalue weighted by atomic mass is 16.5. The Labute approximate surface area is 212 Å². The molecular formula is C32H27N3O. The Bertz CT molecular complexity index is 1350. The van der Waals surface area contributed by atoms with Crippen LogP contribution >= 0.6 is 0 Å². The fourth-order valence-electron chi connectivity index (χ4n) is 4.01. The van der Waals surface area contributed by atoms with E-state index in [9.17, 15) is 0 Å². The van der Waals surface area contributed by atoms with Gasteiger partial charge in [0.2, 0.25) is 0 Å². The van der Waals surface area contributed by atoms with E-state index in [1.54, 1.807) is 7.11 Å². The molecule has 5 aromatic carbocycles. The van der Waals surface area contributed by atoms with E-state index in [4.69, 9.17) is 9.84 Å². The Kier molecular flexibility index (Phi) is 7.05. The van der Waals surface area contributed by atoms with Crippen LogP contribution in [0.3, 0.4) is 0 Å². The van der Waals surface area contributed by atoms with Gasteiger partial charge in [0.1, 0.15) is 5.75 Å². The van der Waals surface area contributed by atoms with Crippen LogP contribution in [0.4, 0.5) is 28.4 Å². The van der Waals surface area contributed by atoms with E-state index in [0.717, 1.165) is 39.7 Å². The summed E-state index contributed by atoms with van der Waals surface area (Å²) in [6, 6.07) is 47.2. The smallest absolute Gasteiger partial charge is 0.119 e. The third-order valence-corrected chi connectivity index (χ3v) is 5.82. The predicted molar refractivity (Wildman–Crippen MR) is 150 cm³/mol. The zero-order valence-corrected chi connectivity index (χ0v) is 20.1. The lowest BCUT2D eigenvalue weighted by molar-refractivity contribution is 0.415. The number of methoxy groups -OCH3 is 1. The van der Waals surface area contributed by atoms with Crippen molar-refractivity contribution in [1.29, 1.82) is 0 Å². The molecule has 4 heteroatoms. The number of rotatable bonds is 8. The van der Waals surface area contributed by atoms with Gasteiger partial charge in [-0.2, -0.15) is 5.10 Å². The maximum atomic E-state index is 5.35. The lowest BCUT2D eigenvalue weighted by Crippen LogP contribution is -2.10. The molecule has 0 aliphatic heterocycles. The van der Waals surface area contributed by atoms with E-state index in [1.165, 1.54) is 0 Å². The summed E-state index contributed by atoms with van der Waals surface area (Å²) in [6.45, 7) is 0. The molecule has 176 valence electrons. The second kappa shape index (κ2) is 11.1. The van der Waals surface area contributed by atoms with Crippen molar-refractivity contribution in [3.8, 4) is 5.75 Å². The lowest BCUT2D eigenvalue weighted by atomic mass is 10.1. The van der Waals surface area contributed by atoms with Crippen LogP contribution in [-0.4, -0.2) is 13.3 Å². The molecule has 0 aromatic heterocycles. The molecule has 0 unspecified atom stereocenters. The summed E-state index contributed by atoms with van der Waals surface area (Å²) in [5, 5.41) is 6.77. The molecule has 5 rings (SSSR count). The zero-order chi connectivity index (χ0) is 24.6. The van der Waals surface area contributed by atoms with Gasteiger partial charge in [0.15, 0.2) is 0 Å². The Morgan fingerprint density at radius 3 is 1.39 bits per heavy atom. The van der Waals surface area contributed by atoms with Crippen molar-refractivity contribution in [3.05, 3.63) is 145 Å². The molecule has 0 aliphatic carbocycles. The van der Waals surface area contributed by atoms with Gasteiger partial charge in [-0.3, -0.25) is 0 Å². The number of benzene rings is 5. The summed E-state index contributed by atoms with van der Waals surface area (Å²) in [6.07, 6.45) is 1.89. The molecule has 0 amide bonds. The van der Waals surface area contributed by atoms with Crippen LogP contribution in [0.1, 0.15) is 5.56 Å². The maximum Gasteiger partial charge on any atom is 0.119 e. The van der Waals surface area contributed by atoms with Crippen molar-refractivity contribution in [2.45, 2.75) is 0 Å². The van der Waals surface area contributed by atoms with Crippen molar-refractivity contribution in [1.82, 2.24) is 0 Å². The van der Waals surface area contributed by atoms with E-state index >= 15 is 0 Å². The van der Waals surface area contributed by atoms with Crippen LogP contribution in [0.25, 0.3) is 0 Å². The number of hydrazone groups is 1. The molecule has 0 saturated carbocycles. The van der Waals surface area contributed by atoms with Gasteiger partial charge in [0, 0.05) is 17.1 Å². The highest BCUT2D eigenvalue weighted by Gasteiger charge is 2.12. The van der Waals surface area contributed by atoms with Gasteiger partial charge in [0.05, 0.1) is 24.7 Å². The normalized spacial score (nSPS) is 10.8. The Balaban J connectivity index is 1.45. The summed E-state index contributed by atoms with van der Waals surface area (Å²) in [4.78, 5) is 2.22. The van der Waals surface area contributed by atoms with Crippen molar-refractivity contribution in [3.63, 3.8) is 0 Å². The fraction of sp³-hybridized carbons (Fsp3) is 0.0312. The molecule has 0 bridgehead atoms. The van der Waals surface area contributed by atoms with Crippen LogP contribution < -0.4 is 14.6 Å². The van der Waals surface area contributed by atoms with Crippen molar-refractivity contribution in [2.24, 2.45) is 5.10 Å². The van der Waals surface area contributed by atoms with Gasteiger partial charge >= 0.3 is 0 Å². The van der Waals surface area contributed by atoms with Crippen LogP contribution in [0.15, 0.2) is 145 Å². The number of para-hydroxylation sites is 3. The molecule has 0 atom stereocenters. The first kappa shape index (κ1) is 22.9. The standard InChI is InChI=1S/C32H27N3O/c1-36-32-23-21-29(22-24-32)34(27-11-5-2-6-12-27)28-19-17-26(18-20-28)25-33-35(30-13-7-3-8-14-30)31-15-9-4-10-16-31/h2-25H,1H3. The monoisotopic (exact) mass is 469 g/mol. The molecule has 0 N–H and O–H groups in total. The molecule has 0 heterocycles. The number of ether oxygens (including phenoxy) is 1. The highest BCUT2D eigenvalue weighted by molar-refractivity contribution is 5.84. The quantitative estimate of drug-likeness (QED) is 0.169. The van der Waals surface area contributed by atoms with E-state index < -0.39 is 0 Å². The third-order valence-electron chi connectivity index (χ3n) is 5.82. The molecular weight excluding hydrogens is 442 g/mol. The second-order valence-electron chi connectivity index (χ2n) is 8.19. The number of anilines is 5. The second-order valence-corrected chi connectivity index (χ2v) is 8.19. The Morgan fingerprint density at radius 1 is 0.500 bits per heavy atom. The number of hydrogen-bond acceptors (Lipinski definition) is 4. The van der Waals surface area contributed by atoms with E-state index in [-0.39, 0.29) is 0 Å². The van der Waals surface area contributed by atoms with Gasteiger partial charge in [-0.05, 0) is 78.4 Å². The third kappa shape index (κ3) is 5.29. The topological polar surface area (TPSA) is 28.1 Å². The Hall–Kier alpha value is -4.83. The summed E-state index contributed by atoms with van der Waals surface area (Å²) in [7, 11) is 1.68. The largest absolute Gasteiger partial charge is 0.497 e. The number of nitrogens with zero attached hydrogens (tertiary/aromatic N) is 3. The minimum absolute atomic E-state index is 0.833. The summed E-state index contributed by atoms with van der Waals surface area (Å²) < 4.78 is 5.35. The Morgan fingerprint density at radius 2 is 0.917 bits per heavy atom. The maximum absolute atomic E-state index is 5.35. The van der Waals surface area contributed by atoms with Crippen molar-refractivity contribution in [2.75, 3.05) is 17.0 Å². The van der Waals surface area contributed by atoms with E-state index in [0.29, 0.717) is 0 Å². The van der Waals surface area contributed by atoms with Gasteiger partial charge < -0.3 is 9.64 Å².